The van der Waals surface area contributed by atoms with Crippen LogP contribution in [0.25, 0.3) is 10.8 Å². The van der Waals surface area contributed by atoms with Crippen molar-refractivity contribution in [1.29, 1.82) is 0 Å². The number of hydrogen-bond acceptors (Lipinski definition) is 1. The second kappa shape index (κ2) is 4.34. The summed E-state index contributed by atoms with van der Waals surface area (Å²) >= 11 is 9.73. The van der Waals surface area contributed by atoms with Crippen molar-refractivity contribution in [3.05, 3.63) is 39.1 Å². The monoisotopic (exact) mass is 297 g/mol. The summed E-state index contributed by atoms with van der Waals surface area (Å²) in [5.74, 6) is 0.501. The van der Waals surface area contributed by atoms with Crippen LogP contribution in [0.15, 0.2) is 22.7 Å². The zero-order valence-corrected chi connectivity index (χ0v) is 11.9. The molecule has 0 N–H and O–H groups in total. The molecule has 2 rings (SSSR count). The van der Waals surface area contributed by atoms with Crippen LogP contribution in [0.5, 0.6) is 0 Å². The van der Waals surface area contributed by atoms with E-state index >= 15 is 0 Å². The molecule has 0 saturated carbocycles. The molecule has 2 aromatic rings. The van der Waals surface area contributed by atoms with Gasteiger partial charge in [0.2, 0.25) is 0 Å². The summed E-state index contributed by atoms with van der Waals surface area (Å²) in [5, 5.41) is 2.73. The van der Waals surface area contributed by atoms with Gasteiger partial charge in [0.15, 0.2) is 0 Å². The Morgan fingerprint density at radius 2 is 1.94 bits per heavy atom. The minimum Gasteiger partial charge on any atom is -0.240 e. The largest absolute Gasteiger partial charge is 0.240 e. The van der Waals surface area contributed by atoms with Crippen LogP contribution < -0.4 is 0 Å². The molecule has 0 saturated heterocycles. The van der Waals surface area contributed by atoms with Crippen LogP contribution in [0.3, 0.4) is 0 Å². The van der Waals surface area contributed by atoms with Crippen molar-refractivity contribution in [2.45, 2.75) is 26.7 Å². The lowest BCUT2D eigenvalue weighted by atomic mass is 10.00. The molecule has 0 aliphatic heterocycles. The first-order valence-corrected chi connectivity index (χ1v) is 6.43. The fraction of sp³-hybridized carbons (Fsp3) is 0.308. The predicted octanol–water partition coefficient (Wildman–Crippen LogP) is 5.08. The molecular formula is C13H13BrClN. The Kier molecular flexibility index (Phi) is 3.22. The minimum absolute atomic E-state index is 0.501. The van der Waals surface area contributed by atoms with E-state index in [1.165, 1.54) is 5.56 Å². The molecule has 1 nitrogen and oxygen atoms in total. The van der Waals surface area contributed by atoms with Crippen LogP contribution in [-0.2, 0) is 0 Å². The number of aromatic nitrogens is 1. The van der Waals surface area contributed by atoms with Crippen LogP contribution in [-0.4, -0.2) is 4.98 Å². The van der Waals surface area contributed by atoms with Gasteiger partial charge in [0.1, 0.15) is 5.15 Å². The highest BCUT2D eigenvalue weighted by atomic mass is 79.9. The highest BCUT2D eigenvalue weighted by Gasteiger charge is 2.09. The highest BCUT2D eigenvalue weighted by molar-refractivity contribution is 9.10. The number of pyridine rings is 1. The van der Waals surface area contributed by atoms with Crippen LogP contribution in [0.2, 0.25) is 5.15 Å². The van der Waals surface area contributed by atoms with Gasteiger partial charge in [-0.15, -0.1) is 0 Å². The second-order valence-electron chi connectivity index (χ2n) is 4.26. The summed E-state index contributed by atoms with van der Waals surface area (Å²) in [4.78, 5) is 4.32. The van der Waals surface area contributed by atoms with E-state index < -0.39 is 0 Å². The Bertz CT molecular complexity index is 549. The molecule has 1 aromatic carbocycles. The van der Waals surface area contributed by atoms with E-state index in [1.54, 1.807) is 0 Å². The van der Waals surface area contributed by atoms with E-state index in [-0.39, 0.29) is 0 Å². The molecule has 3 heteroatoms. The van der Waals surface area contributed by atoms with Gasteiger partial charge in [0.25, 0.3) is 0 Å². The van der Waals surface area contributed by atoms with Gasteiger partial charge in [-0.25, -0.2) is 4.98 Å². The van der Waals surface area contributed by atoms with Crippen LogP contribution in [0.4, 0.5) is 0 Å². The molecule has 0 fully saturated rings. The number of benzene rings is 1. The number of rotatable bonds is 1. The zero-order chi connectivity index (χ0) is 11.9. The van der Waals surface area contributed by atoms with E-state index in [1.807, 2.05) is 6.92 Å². The quantitative estimate of drug-likeness (QED) is 0.669. The van der Waals surface area contributed by atoms with Crippen molar-refractivity contribution < 1.29 is 0 Å². The molecule has 1 aromatic heterocycles. The van der Waals surface area contributed by atoms with E-state index in [0.717, 1.165) is 20.9 Å². The van der Waals surface area contributed by atoms with Gasteiger partial charge < -0.3 is 0 Å². The summed E-state index contributed by atoms with van der Waals surface area (Å²) in [6.45, 7) is 6.29. The maximum Gasteiger partial charge on any atom is 0.137 e. The molecule has 0 atom stereocenters. The molecule has 0 aliphatic carbocycles. The third kappa shape index (κ3) is 1.96. The SMILES string of the molecule is Cc1nc(Cl)c2cc(C(C)C)ccc2c1Br. The molecule has 0 spiro atoms. The fourth-order valence-electron chi connectivity index (χ4n) is 1.73. The molecule has 0 radical (unpaired) electrons. The van der Waals surface area contributed by atoms with Gasteiger partial charge in [-0.1, -0.05) is 37.6 Å². The Hall–Kier alpha value is -0.600. The zero-order valence-electron chi connectivity index (χ0n) is 9.51. The minimum atomic E-state index is 0.501. The molecule has 84 valence electrons. The van der Waals surface area contributed by atoms with E-state index in [2.05, 4.69) is 53.0 Å². The van der Waals surface area contributed by atoms with Crippen molar-refractivity contribution in [3.8, 4) is 0 Å². The molecule has 1 heterocycles. The molecule has 0 unspecified atom stereocenters. The predicted molar refractivity (Wildman–Crippen MR) is 73.3 cm³/mol. The van der Waals surface area contributed by atoms with Gasteiger partial charge in [0.05, 0.1) is 5.69 Å². The van der Waals surface area contributed by atoms with Gasteiger partial charge >= 0.3 is 0 Å². The average Bonchev–Trinajstić information content (AvgIpc) is 2.25. The molecule has 0 aliphatic rings. The summed E-state index contributed by atoms with van der Waals surface area (Å²) in [7, 11) is 0. The molecule has 0 amide bonds. The normalized spacial score (nSPS) is 11.4. The Labute approximate surface area is 109 Å². The van der Waals surface area contributed by atoms with Gasteiger partial charge in [-0.05, 0) is 40.4 Å². The third-order valence-corrected chi connectivity index (χ3v) is 4.04. The summed E-state index contributed by atoms with van der Waals surface area (Å²) in [6, 6.07) is 6.38. The number of nitrogens with zero attached hydrogens (tertiary/aromatic N) is 1. The Morgan fingerprint density at radius 1 is 1.25 bits per heavy atom. The average molecular weight is 299 g/mol. The number of hydrogen-bond donors (Lipinski definition) is 0. The smallest absolute Gasteiger partial charge is 0.137 e. The second-order valence-corrected chi connectivity index (χ2v) is 5.41. The third-order valence-electron chi connectivity index (χ3n) is 2.75. The number of fused-ring (bicyclic) bond motifs is 1. The van der Waals surface area contributed by atoms with Crippen molar-refractivity contribution in [1.82, 2.24) is 4.98 Å². The van der Waals surface area contributed by atoms with E-state index in [4.69, 9.17) is 11.6 Å². The Balaban J connectivity index is 2.79. The molecule has 16 heavy (non-hydrogen) atoms. The first kappa shape index (κ1) is 11.9. The standard InChI is InChI=1S/C13H13BrClN/c1-7(2)9-4-5-10-11(6-9)13(15)16-8(3)12(10)14/h4-7H,1-3H3. The van der Waals surface area contributed by atoms with Crippen molar-refractivity contribution in [2.24, 2.45) is 0 Å². The number of aryl methyl sites for hydroxylation is 1. The molecule has 0 bridgehead atoms. The molecular weight excluding hydrogens is 286 g/mol. The lowest BCUT2D eigenvalue weighted by Crippen LogP contribution is -1.91. The lowest BCUT2D eigenvalue weighted by Gasteiger charge is -2.10. The lowest BCUT2D eigenvalue weighted by molar-refractivity contribution is 0.868. The van der Waals surface area contributed by atoms with Crippen molar-refractivity contribution >= 4 is 38.3 Å². The van der Waals surface area contributed by atoms with Crippen LogP contribution >= 0.6 is 27.5 Å². The van der Waals surface area contributed by atoms with E-state index in [9.17, 15) is 0 Å². The van der Waals surface area contributed by atoms with Gasteiger partial charge in [-0.3, -0.25) is 0 Å². The van der Waals surface area contributed by atoms with Crippen LogP contribution in [0.1, 0.15) is 31.0 Å². The summed E-state index contributed by atoms with van der Waals surface area (Å²) in [6.07, 6.45) is 0. The summed E-state index contributed by atoms with van der Waals surface area (Å²) in [5.41, 5.74) is 2.21. The first-order chi connectivity index (χ1) is 7.50. The van der Waals surface area contributed by atoms with Crippen molar-refractivity contribution in [2.75, 3.05) is 0 Å². The number of halogens is 2. The van der Waals surface area contributed by atoms with Crippen LogP contribution in [0, 0.1) is 6.92 Å². The van der Waals surface area contributed by atoms with Gasteiger partial charge in [-0.2, -0.15) is 0 Å². The topological polar surface area (TPSA) is 12.9 Å². The summed E-state index contributed by atoms with van der Waals surface area (Å²) < 4.78 is 1.03. The van der Waals surface area contributed by atoms with Crippen molar-refractivity contribution in [3.63, 3.8) is 0 Å². The highest BCUT2D eigenvalue weighted by Crippen LogP contribution is 2.32. The fourth-order valence-corrected chi connectivity index (χ4v) is 2.45. The first-order valence-electron chi connectivity index (χ1n) is 5.26. The maximum atomic E-state index is 6.18. The van der Waals surface area contributed by atoms with E-state index in [0.29, 0.717) is 11.1 Å². The van der Waals surface area contributed by atoms with Gasteiger partial charge in [0, 0.05) is 15.2 Å². The maximum absolute atomic E-state index is 6.18. The Morgan fingerprint density at radius 3 is 2.56 bits per heavy atom.